The largest absolute Gasteiger partial charge is 0.480 e. The third kappa shape index (κ3) is 2.80. The van der Waals surface area contributed by atoms with E-state index in [0.717, 1.165) is 27.5 Å². The molecule has 5 rings (SSSR count). The molecule has 1 aromatic carbocycles. The fourth-order valence-electron chi connectivity index (χ4n) is 3.25. The summed E-state index contributed by atoms with van der Waals surface area (Å²) < 4.78 is 26.0. The van der Waals surface area contributed by atoms with E-state index in [0.29, 0.717) is 11.8 Å². The quantitative estimate of drug-likeness (QED) is 0.569. The summed E-state index contributed by atoms with van der Waals surface area (Å²) in [6.07, 6.45) is 5.04. The summed E-state index contributed by atoms with van der Waals surface area (Å²) in [5.41, 5.74) is 2.24. The van der Waals surface area contributed by atoms with Crippen LogP contribution in [0.4, 0.5) is 10.3 Å². The Labute approximate surface area is 159 Å². The summed E-state index contributed by atoms with van der Waals surface area (Å²) in [6, 6.07) is 7.86. The van der Waals surface area contributed by atoms with Crippen molar-refractivity contribution in [2.45, 2.75) is 5.67 Å². The normalized spacial score (nSPS) is 15.5. The van der Waals surface area contributed by atoms with E-state index in [4.69, 9.17) is 9.47 Å². The molecule has 0 radical (unpaired) electrons. The summed E-state index contributed by atoms with van der Waals surface area (Å²) in [5.74, 6) is 0.894. The van der Waals surface area contributed by atoms with Gasteiger partial charge >= 0.3 is 0 Å². The van der Waals surface area contributed by atoms with Gasteiger partial charge < -0.3 is 14.8 Å². The second-order valence-electron chi connectivity index (χ2n) is 6.75. The van der Waals surface area contributed by atoms with E-state index in [1.165, 1.54) is 6.33 Å². The van der Waals surface area contributed by atoms with Crippen LogP contribution < -0.4 is 10.1 Å². The number of aromatic nitrogens is 5. The molecule has 1 N–H and O–H groups in total. The SMILES string of the molecule is COc1ncnc2ccc(-c3ccn4nc(NCC5(F)COC5)ncc34)cc12. The highest BCUT2D eigenvalue weighted by atomic mass is 19.1. The standard InChI is InChI=1S/C19H17FN6O2/c1-27-17-14-6-12(2-3-15(14)23-11-24-17)13-4-5-26-16(13)7-21-18(25-26)22-8-19(20)9-28-10-19/h2-7,11H,8-10H2,1H3,(H,22,25). The van der Waals surface area contributed by atoms with Gasteiger partial charge in [-0.05, 0) is 23.8 Å². The zero-order valence-corrected chi connectivity index (χ0v) is 15.1. The van der Waals surface area contributed by atoms with E-state index in [1.807, 2.05) is 30.5 Å². The summed E-state index contributed by atoms with van der Waals surface area (Å²) in [4.78, 5) is 12.8. The minimum atomic E-state index is -1.34. The van der Waals surface area contributed by atoms with Gasteiger partial charge in [0.15, 0.2) is 5.67 Å². The van der Waals surface area contributed by atoms with Gasteiger partial charge in [-0.15, -0.1) is 5.10 Å². The van der Waals surface area contributed by atoms with Gasteiger partial charge in [0.05, 0.1) is 49.5 Å². The summed E-state index contributed by atoms with van der Waals surface area (Å²) in [6.45, 7) is 0.327. The Morgan fingerprint density at radius 1 is 1.25 bits per heavy atom. The molecule has 0 atom stereocenters. The Bertz CT molecular complexity index is 1170. The molecular formula is C19H17FN6O2. The maximum absolute atomic E-state index is 14.1. The molecular weight excluding hydrogens is 363 g/mol. The minimum Gasteiger partial charge on any atom is -0.480 e. The number of anilines is 1. The topological polar surface area (TPSA) is 86.5 Å². The third-order valence-corrected chi connectivity index (χ3v) is 4.80. The lowest BCUT2D eigenvalue weighted by atomic mass is 10.1. The van der Waals surface area contributed by atoms with Gasteiger partial charge in [-0.2, -0.15) is 0 Å². The number of nitrogens with one attached hydrogen (secondary N) is 1. The zero-order chi connectivity index (χ0) is 19.1. The summed E-state index contributed by atoms with van der Waals surface area (Å²) in [5, 5.41) is 8.18. The number of ether oxygens (including phenoxy) is 2. The number of fused-ring (bicyclic) bond motifs is 2. The molecule has 9 heteroatoms. The highest BCUT2D eigenvalue weighted by molar-refractivity contribution is 5.91. The lowest BCUT2D eigenvalue weighted by Gasteiger charge is -2.33. The van der Waals surface area contributed by atoms with Gasteiger partial charge in [-0.1, -0.05) is 6.07 Å². The maximum atomic E-state index is 14.1. The van der Waals surface area contributed by atoms with Crippen LogP contribution in [0.1, 0.15) is 0 Å². The molecule has 8 nitrogen and oxygen atoms in total. The van der Waals surface area contributed by atoms with E-state index >= 15 is 0 Å². The molecule has 0 amide bonds. The lowest BCUT2D eigenvalue weighted by molar-refractivity contribution is -0.121. The first-order valence-electron chi connectivity index (χ1n) is 8.79. The van der Waals surface area contributed by atoms with Gasteiger partial charge in [0, 0.05) is 11.8 Å². The van der Waals surface area contributed by atoms with Crippen molar-refractivity contribution in [3.8, 4) is 17.0 Å². The van der Waals surface area contributed by atoms with Crippen LogP contribution in [0.25, 0.3) is 27.5 Å². The van der Waals surface area contributed by atoms with Crippen LogP contribution >= 0.6 is 0 Å². The molecule has 1 aliphatic rings. The van der Waals surface area contributed by atoms with Crippen molar-refractivity contribution in [3.63, 3.8) is 0 Å². The number of hydrogen-bond donors (Lipinski definition) is 1. The molecule has 3 aromatic heterocycles. The monoisotopic (exact) mass is 380 g/mol. The molecule has 1 saturated heterocycles. The van der Waals surface area contributed by atoms with Crippen molar-refractivity contribution in [1.82, 2.24) is 24.6 Å². The molecule has 0 spiro atoms. The van der Waals surface area contributed by atoms with Crippen LogP contribution in [0, 0.1) is 0 Å². The second kappa shape index (κ2) is 6.38. The first kappa shape index (κ1) is 16.8. The minimum absolute atomic E-state index is 0.102. The van der Waals surface area contributed by atoms with Crippen LogP contribution in [-0.4, -0.2) is 57.1 Å². The predicted molar refractivity (Wildman–Crippen MR) is 101 cm³/mol. The van der Waals surface area contributed by atoms with Gasteiger partial charge in [0.25, 0.3) is 0 Å². The van der Waals surface area contributed by atoms with Crippen LogP contribution in [0.5, 0.6) is 5.88 Å². The molecule has 4 heterocycles. The van der Waals surface area contributed by atoms with Gasteiger partial charge in [-0.3, -0.25) is 0 Å². The van der Waals surface area contributed by atoms with Gasteiger partial charge in [-0.25, -0.2) is 23.9 Å². The van der Waals surface area contributed by atoms with Crippen LogP contribution in [0.2, 0.25) is 0 Å². The van der Waals surface area contributed by atoms with Crippen molar-refractivity contribution >= 4 is 22.4 Å². The third-order valence-electron chi connectivity index (χ3n) is 4.80. The van der Waals surface area contributed by atoms with Crippen molar-refractivity contribution < 1.29 is 13.9 Å². The Morgan fingerprint density at radius 2 is 2.14 bits per heavy atom. The highest BCUT2D eigenvalue weighted by Gasteiger charge is 2.38. The molecule has 0 unspecified atom stereocenters. The zero-order valence-electron chi connectivity index (χ0n) is 15.1. The number of benzene rings is 1. The van der Waals surface area contributed by atoms with E-state index in [1.54, 1.807) is 17.8 Å². The molecule has 28 heavy (non-hydrogen) atoms. The van der Waals surface area contributed by atoms with E-state index in [9.17, 15) is 4.39 Å². The number of rotatable bonds is 5. The lowest BCUT2D eigenvalue weighted by Crippen LogP contribution is -2.50. The summed E-state index contributed by atoms with van der Waals surface area (Å²) >= 11 is 0. The number of alkyl halides is 1. The first-order chi connectivity index (χ1) is 13.6. The molecule has 142 valence electrons. The van der Waals surface area contributed by atoms with Crippen molar-refractivity contribution in [2.75, 3.05) is 32.2 Å². The molecule has 0 saturated carbocycles. The van der Waals surface area contributed by atoms with Crippen molar-refractivity contribution in [2.24, 2.45) is 0 Å². The first-order valence-corrected chi connectivity index (χ1v) is 8.79. The Balaban J connectivity index is 1.48. The van der Waals surface area contributed by atoms with Crippen molar-refractivity contribution in [3.05, 3.63) is 43.0 Å². The number of halogens is 1. The van der Waals surface area contributed by atoms with E-state index in [-0.39, 0.29) is 19.8 Å². The van der Waals surface area contributed by atoms with Crippen molar-refractivity contribution in [1.29, 1.82) is 0 Å². The smallest absolute Gasteiger partial charge is 0.241 e. The molecule has 0 bridgehead atoms. The summed E-state index contributed by atoms with van der Waals surface area (Å²) in [7, 11) is 1.59. The van der Waals surface area contributed by atoms with E-state index < -0.39 is 5.67 Å². The van der Waals surface area contributed by atoms with Crippen LogP contribution in [0.15, 0.2) is 43.0 Å². The molecule has 4 aromatic rings. The molecule has 0 aliphatic carbocycles. The predicted octanol–water partition coefficient (Wildman–Crippen LogP) is 2.50. The fraction of sp³-hybridized carbons (Fsp3) is 0.263. The molecule has 1 fully saturated rings. The fourth-order valence-corrected chi connectivity index (χ4v) is 3.25. The average Bonchev–Trinajstić information content (AvgIpc) is 3.13. The van der Waals surface area contributed by atoms with Gasteiger partial charge in [0.2, 0.25) is 11.8 Å². The maximum Gasteiger partial charge on any atom is 0.241 e. The number of methoxy groups -OCH3 is 1. The van der Waals surface area contributed by atoms with Gasteiger partial charge in [0.1, 0.15) is 6.33 Å². The van der Waals surface area contributed by atoms with Crippen LogP contribution in [-0.2, 0) is 4.74 Å². The average molecular weight is 380 g/mol. The second-order valence-corrected chi connectivity index (χ2v) is 6.75. The Hall–Kier alpha value is -3.33. The Morgan fingerprint density at radius 3 is 2.93 bits per heavy atom. The van der Waals surface area contributed by atoms with E-state index in [2.05, 4.69) is 25.4 Å². The molecule has 1 aliphatic heterocycles. The number of hydrogen-bond acceptors (Lipinski definition) is 7. The number of nitrogens with zero attached hydrogens (tertiary/aromatic N) is 5. The van der Waals surface area contributed by atoms with Crippen LogP contribution in [0.3, 0.4) is 0 Å². The Kier molecular flexibility index (Phi) is 3.83. The highest BCUT2D eigenvalue weighted by Crippen LogP contribution is 2.30.